The van der Waals surface area contributed by atoms with Crippen LogP contribution in [0.5, 0.6) is 5.75 Å². The molecule has 0 spiro atoms. The Hall–Kier alpha value is -5.55. The number of benzene rings is 2. The van der Waals surface area contributed by atoms with E-state index in [-0.39, 0.29) is 83.8 Å². The zero-order valence-corrected chi connectivity index (χ0v) is 29.5. The zero-order valence-electron chi connectivity index (χ0n) is 28.7. The Morgan fingerprint density at radius 1 is 1.09 bits per heavy atom. The predicted octanol–water partition coefficient (Wildman–Crippen LogP) is 4.79. The van der Waals surface area contributed by atoms with Crippen LogP contribution in [0.4, 0.5) is 24.5 Å². The summed E-state index contributed by atoms with van der Waals surface area (Å²) in [5.41, 5.74) is 2.01. The SMILES string of the molecule is CCc1c(N2CCN(C(=O)c3ncnc(C)c3O)CC2)c(=O)n2nc(-c3ccc4c(c3)C(C)OC4)nc2n1CC(=O)Nc1ccc(C(F)(F)F)cc1Cl. The van der Waals surface area contributed by atoms with Crippen molar-refractivity contribution in [1.82, 2.24) is 34.0 Å². The molecule has 2 N–H and O–H groups in total. The van der Waals surface area contributed by atoms with Crippen molar-refractivity contribution in [2.24, 2.45) is 0 Å². The van der Waals surface area contributed by atoms with Crippen LogP contribution in [-0.4, -0.2) is 77.1 Å². The zero-order chi connectivity index (χ0) is 37.8. The lowest BCUT2D eigenvalue weighted by molar-refractivity contribution is -0.137. The van der Waals surface area contributed by atoms with Crippen molar-refractivity contribution in [3.63, 3.8) is 0 Å². The van der Waals surface area contributed by atoms with E-state index in [0.29, 0.717) is 17.9 Å². The van der Waals surface area contributed by atoms with Crippen molar-refractivity contribution >= 4 is 40.6 Å². The summed E-state index contributed by atoms with van der Waals surface area (Å²) < 4.78 is 48.2. The van der Waals surface area contributed by atoms with E-state index in [1.807, 2.05) is 36.9 Å². The van der Waals surface area contributed by atoms with Crippen molar-refractivity contribution in [3.05, 3.63) is 91.9 Å². The molecule has 14 nitrogen and oxygen atoms in total. The molecule has 18 heteroatoms. The van der Waals surface area contributed by atoms with Crippen LogP contribution in [0.2, 0.25) is 5.02 Å². The molecule has 0 aliphatic carbocycles. The number of ether oxygens (including phenoxy) is 1. The van der Waals surface area contributed by atoms with Gasteiger partial charge in [-0.2, -0.15) is 22.7 Å². The number of halogens is 4. The Kier molecular flexibility index (Phi) is 9.32. The maximum absolute atomic E-state index is 14.3. The van der Waals surface area contributed by atoms with E-state index >= 15 is 0 Å². The minimum Gasteiger partial charge on any atom is -0.504 e. The van der Waals surface area contributed by atoms with Gasteiger partial charge in [-0.1, -0.05) is 30.7 Å². The van der Waals surface area contributed by atoms with E-state index in [9.17, 15) is 32.7 Å². The van der Waals surface area contributed by atoms with E-state index in [4.69, 9.17) is 21.3 Å². The second-order valence-electron chi connectivity index (χ2n) is 12.7. The number of aryl methyl sites for hydroxylation is 1. The van der Waals surface area contributed by atoms with Gasteiger partial charge in [0.15, 0.2) is 17.3 Å². The summed E-state index contributed by atoms with van der Waals surface area (Å²) in [6, 6.07) is 8.28. The third kappa shape index (κ3) is 6.65. The quantitative estimate of drug-likeness (QED) is 0.237. The number of piperazine rings is 1. The number of anilines is 2. The lowest BCUT2D eigenvalue weighted by Crippen LogP contribution is -2.51. The molecular weight excluding hydrogens is 719 g/mol. The van der Waals surface area contributed by atoms with Crippen LogP contribution in [0, 0.1) is 6.92 Å². The second kappa shape index (κ2) is 13.8. The molecule has 1 saturated heterocycles. The highest BCUT2D eigenvalue weighted by atomic mass is 35.5. The highest BCUT2D eigenvalue weighted by Crippen LogP contribution is 2.35. The molecule has 0 bridgehead atoms. The number of hydrogen-bond donors (Lipinski definition) is 2. The Morgan fingerprint density at radius 2 is 1.85 bits per heavy atom. The predicted molar refractivity (Wildman–Crippen MR) is 187 cm³/mol. The topological polar surface area (TPSA) is 160 Å². The molecule has 5 heterocycles. The average molecular weight is 752 g/mol. The molecule has 0 radical (unpaired) electrons. The number of nitrogens with one attached hydrogen (secondary N) is 1. The van der Waals surface area contributed by atoms with Gasteiger partial charge in [-0.15, -0.1) is 5.10 Å². The van der Waals surface area contributed by atoms with Crippen LogP contribution in [-0.2, 0) is 35.3 Å². The number of aromatic nitrogens is 6. The summed E-state index contributed by atoms with van der Waals surface area (Å²) in [7, 11) is 0. The molecule has 0 saturated carbocycles. The van der Waals surface area contributed by atoms with Gasteiger partial charge in [0.05, 0.1) is 40.4 Å². The standard InChI is InChI=1S/C35H33ClF3N9O5/c1-4-26-29(45-9-11-46(12-10-45)32(51)28-30(50)18(2)40-17-41-28)33(52)48-34(43-31(44-48)20-5-6-21-16-53-19(3)23(21)13-20)47(26)15-27(49)42-25-8-7-22(14-24(25)36)35(37,38)39/h5-8,13-14,17,19,50H,4,9-12,15-16H2,1-3H3,(H,42,49). The number of nitrogens with zero attached hydrogens (tertiary/aromatic N) is 8. The van der Waals surface area contributed by atoms with Gasteiger partial charge in [0.25, 0.3) is 11.5 Å². The van der Waals surface area contributed by atoms with E-state index < -0.39 is 35.7 Å². The molecule has 1 fully saturated rings. The number of aromatic hydroxyl groups is 1. The van der Waals surface area contributed by atoms with Crippen LogP contribution >= 0.6 is 11.6 Å². The van der Waals surface area contributed by atoms with Crippen LogP contribution in [0.1, 0.15) is 58.5 Å². The number of rotatable bonds is 7. The van der Waals surface area contributed by atoms with Crippen molar-refractivity contribution < 1.29 is 32.6 Å². The van der Waals surface area contributed by atoms with Gasteiger partial charge >= 0.3 is 6.18 Å². The summed E-state index contributed by atoms with van der Waals surface area (Å²) >= 11 is 6.14. The monoisotopic (exact) mass is 751 g/mol. The van der Waals surface area contributed by atoms with Gasteiger partial charge < -0.3 is 29.5 Å². The molecule has 2 aliphatic rings. The Bertz CT molecular complexity index is 2340. The summed E-state index contributed by atoms with van der Waals surface area (Å²) in [6.45, 7) is 6.21. The van der Waals surface area contributed by atoms with Crippen LogP contribution in [0.15, 0.2) is 47.5 Å². The molecule has 1 atom stereocenters. The summed E-state index contributed by atoms with van der Waals surface area (Å²) in [5, 5.41) is 17.3. The molecule has 7 rings (SSSR count). The van der Waals surface area contributed by atoms with Gasteiger partial charge in [0, 0.05) is 31.7 Å². The molecule has 2 aliphatic heterocycles. The number of carbonyl (C=O) groups excluding carboxylic acids is 2. The molecule has 53 heavy (non-hydrogen) atoms. The fraction of sp³-hybridized carbons (Fsp3) is 0.343. The summed E-state index contributed by atoms with van der Waals surface area (Å²) in [4.78, 5) is 57.1. The number of amides is 2. The van der Waals surface area contributed by atoms with Gasteiger partial charge in [-0.25, -0.2) is 9.97 Å². The number of carbonyl (C=O) groups is 2. The van der Waals surface area contributed by atoms with Crippen LogP contribution in [0.25, 0.3) is 17.2 Å². The third-order valence-electron chi connectivity index (χ3n) is 9.45. The highest BCUT2D eigenvalue weighted by Gasteiger charge is 2.32. The Labute approximate surface area is 304 Å². The first-order valence-corrected chi connectivity index (χ1v) is 17.1. The molecule has 5 aromatic rings. The Morgan fingerprint density at radius 3 is 2.55 bits per heavy atom. The minimum atomic E-state index is -4.62. The van der Waals surface area contributed by atoms with E-state index in [2.05, 4.69) is 20.4 Å². The average Bonchev–Trinajstić information content (AvgIpc) is 3.75. The van der Waals surface area contributed by atoms with E-state index in [1.165, 1.54) is 11.2 Å². The molecule has 1 unspecified atom stereocenters. The fourth-order valence-corrected chi connectivity index (χ4v) is 6.86. The number of fused-ring (bicyclic) bond motifs is 2. The number of hydrogen-bond acceptors (Lipinski definition) is 10. The summed E-state index contributed by atoms with van der Waals surface area (Å²) in [6.07, 6.45) is -3.29. The van der Waals surface area contributed by atoms with Crippen LogP contribution in [0.3, 0.4) is 0 Å². The molecule has 3 aromatic heterocycles. The van der Waals surface area contributed by atoms with E-state index in [0.717, 1.165) is 33.8 Å². The molecule has 276 valence electrons. The summed E-state index contributed by atoms with van der Waals surface area (Å²) in [5.74, 6) is -1.11. The van der Waals surface area contributed by atoms with Crippen molar-refractivity contribution in [2.75, 3.05) is 36.4 Å². The lowest BCUT2D eigenvalue weighted by Gasteiger charge is -2.36. The Balaban J connectivity index is 1.26. The fourth-order valence-electron chi connectivity index (χ4n) is 6.63. The third-order valence-corrected chi connectivity index (χ3v) is 9.77. The van der Waals surface area contributed by atoms with Crippen molar-refractivity contribution in [1.29, 1.82) is 0 Å². The van der Waals surface area contributed by atoms with Gasteiger partial charge in [0.2, 0.25) is 11.7 Å². The van der Waals surface area contributed by atoms with Crippen molar-refractivity contribution in [2.45, 2.75) is 52.6 Å². The maximum atomic E-state index is 14.3. The van der Waals surface area contributed by atoms with E-state index in [1.54, 1.807) is 11.5 Å². The first-order chi connectivity index (χ1) is 25.2. The highest BCUT2D eigenvalue weighted by molar-refractivity contribution is 6.33. The minimum absolute atomic E-state index is 0.0256. The molecule has 2 amide bonds. The number of alkyl halides is 3. The smallest absolute Gasteiger partial charge is 0.416 e. The van der Waals surface area contributed by atoms with Gasteiger partial charge in [0.1, 0.15) is 18.6 Å². The van der Waals surface area contributed by atoms with Gasteiger partial charge in [-0.05, 0) is 55.7 Å². The first kappa shape index (κ1) is 35.8. The first-order valence-electron chi connectivity index (χ1n) is 16.7. The largest absolute Gasteiger partial charge is 0.504 e. The van der Waals surface area contributed by atoms with Crippen molar-refractivity contribution in [3.8, 4) is 17.1 Å². The molecular formula is C35H33ClF3N9O5. The maximum Gasteiger partial charge on any atom is 0.416 e. The van der Waals surface area contributed by atoms with Crippen LogP contribution < -0.4 is 15.8 Å². The normalized spacial score (nSPS) is 15.9. The van der Waals surface area contributed by atoms with Gasteiger partial charge in [-0.3, -0.25) is 14.4 Å². The second-order valence-corrected chi connectivity index (χ2v) is 13.1. The molecule has 2 aromatic carbocycles. The lowest BCUT2D eigenvalue weighted by atomic mass is 10.0.